The summed E-state index contributed by atoms with van der Waals surface area (Å²) in [5, 5.41) is 19.7. The lowest BCUT2D eigenvalue weighted by Gasteiger charge is -2.17. The zero-order valence-electron chi connectivity index (χ0n) is 10.1. The summed E-state index contributed by atoms with van der Waals surface area (Å²) in [5.41, 5.74) is 14.1. The zero-order chi connectivity index (χ0) is 13.7. The Kier molecular flexibility index (Phi) is 2.55. The minimum Gasteiger partial charge on any atom is -0.388 e. The van der Waals surface area contributed by atoms with Gasteiger partial charge in [-0.25, -0.2) is 15.0 Å². The monoisotopic (exact) mass is 265 g/mol. The fourth-order valence-corrected chi connectivity index (χ4v) is 2.21. The van der Waals surface area contributed by atoms with Crippen LogP contribution in [0.3, 0.4) is 0 Å². The lowest BCUT2D eigenvalue weighted by molar-refractivity contribution is -0.0289. The number of ether oxygens (including phenoxy) is 1. The number of nitrogens with zero attached hydrogens (tertiary/aromatic N) is 4. The van der Waals surface area contributed by atoms with Gasteiger partial charge in [-0.15, -0.1) is 0 Å². The highest BCUT2D eigenvalue weighted by Crippen LogP contribution is 2.34. The molecule has 9 nitrogen and oxygen atoms in total. The van der Waals surface area contributed by atoms with Crippen LogP contribution in [-0.2, 0) is 4.74 Å². The molecule has 1 radical (unpaired) electrons. The van der Waals surface area contributed by atoms with E-state index in [1.807, 2.05) is 0 Å². The molecule has 0 spiro atoms. The number of aromatic nitrogens is 4. The molecule has 3 heterocycles. The van der Waals surface area contributed by atoms with E-state index in [4.69, 9.17) is 16.2 Å². The molecule has 19 heavy (non-hydrogen) atoms. The van der Waals surface area contributed by atoms with Gasteiger partial charge < -0.3 is 20.7 Å². The molecule has 101 valence electrons. The van der Waals surface area contributed by atoms with E-state index in [-0.39, 0.29) is 17.3 Å². The normalized spacial score (nSPS) is 31.1. The summed E-state index contributed by atoms with van der Waals surface area (Å²) >= 11 is 0. The molecule has 5 N–H and O–H groups in total. The highest BCUT2D eigenvalue weighted by atomic mass is 16.6. The average Bonchev–Trinajstić information content (AvgIpc) is 2.83. The van der Waals surface area contributed by atoms with Crippen LogP contribution >= 0.6 is 0 Å². The third kappa shape index (κ3) is 1.63. The van der Waals surface area contributed by atoms with Crippen molar-refractivity contribution in [2.45, 2.75) is 31.5 Å². The first-order chi connectivity index (χ1) is 9.00. The summed E-state index contributed by atoms with van der Waals surface area (Å²) < 4.78 is 6.76. The molecule has 1 aliphatic heterocycles. The minimum atomic E-state index is -1.16. The van der Waals surface area contributed by atoms with E-state index in [1.165, 1.54) is 10.9 Å². The highest BCUT2D eigenvalue weighted by Gasteiger charge is 2.43. The van der Waals surface area contributed by atoms with Gasteiger partial charge in [0.1, 0.15) is 18.5 Å². The third-order valence-corrected chi connectivity index (χ3v) is 3.24. The predicted molar refractivity (Wildman–Crippen MR) is 64.1 cm³/mol. The molecule has 9 heteroatoms. The fourth-order valence-electron chi connectivity index (χ4n) is 2.21. The number of imidazole rings is 1. The van der Waals surface area contributed by atoms with E-state index >= 15 is 0 Å². The molecule has 3 rings (SSSR count). The summed E-state index contributed by atoms with van der Waals surface area (Å²) in [4.78, 5) is 11.7. The van der Waals surface area contributed by atoms with E-state index in [1.54, 1.807) is 6.92 Å². The van der Waals surface area contributed by atoms with Gasteiger partial charge in [-0.1, -0.05) is 0 Å². The molecule has 2 aromatic heterocycles. The Labute approximate surface area is 107 Å². The topological polar surface area (TPSA) is 143 Å². The number of anilines is 1. The van der Waals surface area contributed by atoms with Crippen LogP contribution in [0.2, 0.25) is 0 Å². The van der Waals surface area contributed by atoms with Crippen molar-refractivity contribution in [1.82, 2.24) is 25.3 Å². The predicted octanol–water partition coefficient (Wildman–Crippen LogP) is -1.04. The van der Waals surface area contributed by atoms with Gasteiger partial charge in [0.2, 0.25) is 5.95 Å². The molecule has 4 atom stereocenters. The molecule has 2 aromatic rings. The second-order valence-electron chi connectivity index (χ2n) is 4.45. The minimum absolute atomic E-state index is 0.151. The van der Waals surface area contributed by atoms with Crippen LogP contribution < -0.4 is 11.5 Å². The van der Waals surface area contributed by atoms with Gasteiger partial charge in [0.25, 0.3) is 0 Å². The Balaban J connectivity index is 2.16. The maximum Gasteiger partial charge on any atom is 0.226 e. The van der Waals surface area contributed by atoms with Gasteiger partial charge in [-0.3, -0.25) is 10.3 Å². The van der Waals surface area contributed by atoms with Gasteiger partial charge >= 0.3 is 0 Å². The maximum absolute atomic E-state index is 9.97. The van der Waals surface area contributed by atoms with E-state index in [9.17, 15) is 10.2 Å². The summed E-state index contributed by atoms with van der Waals surface area (Å²) in [7, 11) is 0. The van der Waals surface area contributed by atoms with Crippen LogP contribution in [0.15, 0.2) is 6.33 Å². The Bertz CT molecular complexity index is 629. The first-order valence-electron chi connectivity index (χ1n) is 5.72. The SMILES string of the molecule is C[C@H]1O[C@@H](n2c([NH])nc3c(N)ncnc32)[C@H](O)[C@@H]1O. The lowest BCUT2D eigenvalue weighted by Crippen LogP contribution is -2.30. The Hall–Kier alpha value is -1.97. The summed E-state index contributed by atoms with van der Waals surface area (Å²) in [6.07, 6.45) is -2.40. The Morgan fingerprint density at radius 3 is 2.74 bits per heavy atom. The smallest absolute Gasteiger partial charge is 0.226 e. The van der Waals surface area contributed by atoms with Crippen molar-refractivity contribution in [3.8, 4) is 0 Å². The van der Waals surface area contributed by atoms with Crippen LogP contribution in [0.5, 0.6) is 0 Å². The quantitative estimate of drug-likeness (QED) is 0.597. The molecule has 0 bridgehead atoms. The zero-order valence-corrected chi connectivity index (χ0v) is 10.1. The van der Waals surface area contributed by atoms with Crippen molar-refractivity contribution >= 4 is 22.9 Å². The number of nitrogens with one attached hydrogen (secondary N) is 1. The van der Waals surface area contributed by atoms with Gasteiger partial charge in [0.05, 0.1) is 6.10 Å². The van der Waals surface area contributed by atoms with Crippen LogP contribution in [-0.4, -0.2) is 48.0 Å². The number of hydrogen-bond acceptors (Lipinski definition) is 7. The van der Waals surface area contributed by atoms with Crippen LogP contribution in [0.25, 0.3) is 11.2 Å². The van der Waals surface area contributed by atoms with Gasteiger partial charge in [0.15, 0.2) is 23.2 Å². The largest absolute Gasteiger partial charge is 0.388 e. The summed E-state index contributed by atoms with van der Waals surface area (Å²) in [5.74, 6) is -0.00844. The number of aliphatic hydroxyl groups is 2. The van der Waals surface area contributed by atoms with Crippen molar-refractivity contribution in [2.75, 3.05) is 5.73 Å². The molecule has 0 amide bonds. The Morgan fingerprint density at radius 1 is 1.37 bits per heavy atom. The molecule has 1 saturated heterocycles. The maximum atomic E-state index is 9.97. The number of hydrogen-bond donors (Lipinski definition) is 3. The number of nitrogen functional groups attached to an aromatic ring is 1. The molecule has 0 aliphatic carbocycles. The number of rotatable bonds is 1. The second-order valence-corrected chi connectivity index (χ2v) is 4.45. The van der Waals surface area contributed by atoms with Crippen LogP contribution in [0.4, 0.5) is 11.8 Å². The first-order valence-corrected chi connectivity index (χ1v) is 5.72. The molecule has 1 fully saturated rings. The Morgan fingerprint density at radius 2 is 2.11 bits per heavy atom. The molecular formula is C10H13N6O3. The van der Waals surface area contributed by atoms with Crippen molar-refractivity contribution in [2.24, 2.45) is 0 Å². The third-order valence-electron chi connectivity index (χ3n) is 3.24. The number of aliphatic hydroxyl groups excluding tert-OH is 2. The average molecular weight is 265 g/mol. The summed E-state index contributed by atoms with van der Waals surface area (Å²) in [6, 6.07) is 0. The van der Waals surface area contributed by atoms with Crippen molar-refractivity contribution in [1.29, 1.82) is 0 Å². The highest BCUT2D eigenvalue weighted by molar-refractivity contribution is 5.83. The van der Waals surface area contributed by atoms with E-state index < -0.39 is 24.5 Å². The number of fused-ring (bicyclic) bond motifs is 1. The number of nitrogens with two attached hydrogens (primary N) is 1. The van der Waals surface area contributed by atoms with Gasteiger partial charge in [0, 0.05) is 0 Å². The van der Waals surface area contributed by atoms with Crippen LogP contribution in [0.1, 0.15) is 13.2 Å². The fraction of sp³-hybridized carbons (Fsp3) is 0.500. The second kappa shape index (κ2) is 4.02. The van der Waals surface area contributed by atoms with E-state index in [0.29, 0.717) is 5.65 Å². The van der Waals surface area contributed by atoms with Gasteiger partial charge in [-0.2, -0.15) is 0 Å². The van der Waals surface area contributed by atoms with Crippen molar-refractivity contribution in [3.63, 3.8) is 0 Å². The van der Waals surface area contributed by atoms with Crippen molar-refractivity contribution in [3.05, 3.63) is 6.33 Å². The standard InChI is InChI=1S/C10H13N6O3/c1-3-5(17)6(18)9(19-3)16-8-4(15-10(16)12)7(11)13-2-14-8/h2-3,5-6,9,12,17-18H,1H3,(H2,11,13,14)/t3-,5-,6-,9-/m1/s1. The molecule has 0 aromatic carbocycles. The molecule has 0 unspecified atom stereocenters. The molecule has 1 aliphatic rings. The van der Waals surface area contributed by atoms with Gasteiger partial charge in [-0.05, 0) is 6.92 Å². The van der Waals surface area contributed by atoms with E-state index in [0.717, 1.165) is 0 Å². The summed E-state index contributed by atoms with van der Waals surface area (Å²) in [6.45, 7) is 1.64. The molecular weight excluding hydrogens is 252 g/mol. The first kappa shape index (κ1) is 12.1. The lowest BCUT2D eigenvalue weighted by atomic mass is 10.1. The molecule has 0 saturated carbocycles. The van der Waals surface area contributed by atoms with E-state index in [2.05, 4.69) is 15.0 Å². The van der Waals surface area contributed by atoms with Crippen LogP contribution in [0, 0.1) is 0 Å². The van der Waals surface area contributed by atoms with Crippen molar-refractivity contribution < 1.29 is 14.9 Å².